The van der Waals surface area contributed by atoms with E-state index in [0.717, 1.165) is 31.2 Å². The smallest absolute Gasteiger partial charge is 0.241 e. The van der Waals surface area contributed by atoms with Crippen LogP contribution in [0.3, 0.4) is 0 Å². The number of carbonyl (C=O) groups is 1. The van der Waals surface area contributed by atoms with E-state index >= 15 is 0 Å². The maximum atomic E-state index is 12.8. The van der Waals surface area contributed by atoms with Gasteiger partial charge in [-0.1, -0.05) is 20.8 Å². The molecule has 2 fully saturated rings. The number of aromatic nitrogens is 3. The lowest BCUT2D eigenvalue weighted by atomic mass is 9.84. The van der Waals surface area contributed by atoms with Crippen LogP contribution in [0.1, 0.15) is 57.6 Å². The Balaban J connectivity index is 1.42. The number of fused-ring (bicyclic) bond motifs is 1. The molecule has 4 rings (SSSR count). The van der Waals surface area contributed by atoms with Crippen molar-refractivity contribution in [1.29, 1.82) is 0 Å². The zero-order valence-electron chi connectivity index (χ0n) is 14.2. The van der Waals surface area contributed by atoms with Gasteiger partial charge in [-0.25, -0.2) is 5.43 Å². The first-order chi connectivity index (χ1) is 10.9. The maximum absolute atomic E-state index is 12.8. The summed E-state index contributed by atoms with van der Waals surface area (Å²) in [6.45, 7) is 8.74. The maximum Gasteiger partial charge on any atom is 0.241 e. The molecule has 7 heteroatoms. The van der Waals surface area contributed by atoms with E-state index in [1.165, 1.54) is 12.8 Å². The van der Waals surface area contributed by atoms with Gasteiger partial charge in [0.05, 0.1) is 6.54 Å². The van der Waals surface area contributed by atoms with Crippen molar-refractivity contribution in [3.63, 3.8) is 0 Å². The molecule has 1 aromatic rings. The highest BCUT2D eigenvalue weighted by Gasteiger charge is 2.39. The highest BCUT2D eigenvalue weighted by molar-refractivity contribution is 5.82. The molecule has 126 valence electrons. The Hall–Kier alpha value is -1.47. The molecule has 1 amide bonds. The summed E-state index contributed by atoms with van der Waals surface area (Å²) in [6.07, 6.45) is 3.29. The Morgan fingerprint density at radius 1 is 1.17 bits per heavy atom. The molecular weight excluding hydrogens is 292 g/mol. The van der Waals surface area contributed by atoms with Crippen LogP contribution in [0.5, 0.6) is 0 Å². The molecule has 2 aliphatic heterocycles. The van der Waals surface area contributed by atoms with Crippen LogP contribution in [-0.2, 0) is 17.9 Å². The first kappa shape index (κ1) is 15.1. The summed E-state index contributed by atoms with van der Waals surface area (Å²) in [5.74, 6) is 2.84. The molecule has 1 aromatic heterocycles. The Morgan fingerprint density at radius 3 is 2.61 bits per heavy atom. The molecule has 7 nitrogen and oxygen atoms in total. The van der Waals surface area contributed by atoms with Gasteiger partial charge in [0.1, 0.15) is 11.9 Å². The van der Waals surface area contributed by atoms with E-state index in [4.69, 9.17) is 0 Å². The second-order valence-corrected chi connectivity index (χ2v) is 8.16. The Kier molecular flexibility index (Phi) is 3.46. The molecule has 1 saturated carbocycles. The molecule has 1 aliphatic carbocycles. The summed E-state index contributed by atoms with van der Waals surface area (Å²) in [4.78, 5) is 14.7. The molecule has 2 N–H and O–H groups in total. The Bertz CT molecular complexity index is 615. The molecule has 0 radical (unpaired) electrons. The van der Waals surface area contributed by atoms with Gasteiger partial charge in [-0.05, 0) is 24.7 Å². The molecule has 3 heterocycles. The van der Waals surface area contributed by atoms with E-state index in [9.17, 15) is 4.79 Å². The minimum Gasteiger partial charge on any atom is -0.332 e. The standard InChI is InChI=1S/C16H26N6O/c1-16(2,3)12-8-11(17-18-12)15(23)21-6-7-22-13(9-21)19-20-14(22)10-4-5-10/h10-12,17-18H,4-9H2,1-3H3. The summed E-state index contributed by atoms with van der Waals surface area (Å²) in [5, 5.41) is 8.66. The lowest BCUT2D eigenvalue weighted by Crippen LogP contribution is -2.48. The summed E-state index contributed by atoms with van der Waals surface area (Å²) in [6, 6.07) is 0.169. The Morgan fingerprint density at radius 2 is 1.96 bits per heavy atom. The molecule has 2 atom stereocenters. The third kappa shape index (κ3) is 2.76. The van der Waals surface area contributed by atoms with Crippen molar-refractivity contribution >= 4 is 5.91 Å². The van der Waals surface area contributed by atoms with Gasteiger partial charge in [0.15, 0.2) is 5.82 Å². The van der Waals surface area contributed by atoms with Crippen LogP contribution in [0.25, 0.3) is 0 Å². The zero-order chi connectivity index (χ0) is 16.2. The summed E-state index contributed by atoms with van der Waals surface area (Å²) >= 11 is 0. The predicted molar refractivity (Wildman–Crippen MR) is 85.3 cm³/mol. The molecule has 1 saturated heterocycles. The van der Waals surface area contributed by atoms with Crippen LogP contribution in [-0.4, -0.2) is 44.2 Å². The normalized spacial score (nSPS) is 28.0. The third-order valence-electron chi connectivity index (χ3n) is 5.28. The zero-order valence-corrected chi connectivity index (χ0v) is 14.2. The fraction of sp³-hybridized carbons (Fsp3) is 0.812. The van der Waals surface area contributed by atoms with Crippen molar-refractivity contribution < 1.29 is 4.79 Å². The van der Waals surface area contributed by atoms with Gasteiger partial charge in [0, 0.05) is 25.0 Å². The highest BCUT2D eigenvalue weighted by Crippen LogP contribution is 2.39. The summed E-state index contributed by atoms with van der Waals surface area (Å²) in [7, 11) is 0. The van der Waals surface area contributed by atoms with Gasteiger partial charge in [-0.3, -0.25) is 10.2 Å². The first-order valence-corrected chi connectivity index (χ1v) is 8.65. The van der Waals surface area contributed by atoms with Gasteiger partial charge in [0.25, 0.3) is 0 Å². The van der Waals surface area contributed by atoms with Crippen molar-refractivity contribution in [3.05, 3.63) is 11.6 Å². The number of rotatable bonds is 2. The first-order valence-electron chi connectivity index (χ1n) is 8.65. The van der Waals surface area contributed by atoms with E-state index < -0.39 is 0 Å². The fourth-order valence-corrected chi connectivity index (χ4v) is 3.52. The molecular formula is C16H26N6O. The van der Waals surface area contributed by atoms with Crippen LogP contribution in [0, 0.1) is 5.41 Å². The minimum absolute atomic E-state index is 0.142. The molecule has 0 bridgehead atoms. The number of nitrogens with one attached hydrogen (secondary N) is 2. The quantitative estimate of drug-likeness (QED) is 0.843. The van der Waals surface area contributed by atoms with Crippen LogP contribution < -0.4 is 10.9 Å². The highest BCUT2D eigenvalue weighted by atomic mass is 16.2. The minimum atomic E-state index is -0.142. The average Bonchev–Trinajstić information content (AvgIpc) is 3.07. The van der Waals surface area contributed by atoms with Gasteiger partial charge in [0.2, 0.25) is 5.91 Å². The number of hydrogen-bond donors (Lipinski definition) is 2. The van der Waals surface area contributed by atoms with E-state index in [-0.39, 0.29) is 17.4 Å². The van der Waals surface area contributed by atoms with Crippen molar-refractivity contribution in [2.75, 3.05) is 6.54 Å². The number of carbonyl (C=O) groups excluding carboxylic acids is 1. The van der Waals surface area contributed by atoms with Gasteiger partial charge in [-0.15, -0.1) is 10.2 Å². The average molecular weight is 318 g/mol. The molecule has 0 spiro atoms. The van der Waals surface area contributed by atoms with E-state index in [2.05, 4.69) is 46.4 Å². The SMILES string of the molecule is CC(C)(C)C1CC(C(=O)N2CCn3c(nnc3C3CC3)C2)NN1. The van der Waals surface area contributed by atoms with Crippen molar-refractivity contribution in [2.45, 2.75) is 71.1 Å². The van der Waals surface area contributed by atoms with E-state index in [1.807, 2.05) is 4.90 Å². The molecule has 3 aliphatic rings. The van der Waals surface area contributed by atoms with Crippen LogP contribution >= 0.6 is 0 Å². The van der Waals surface area contributed by atoms with Crippen molar-refractivity contribution in [3.8, 4) is 0 Å². The van der Waals surface area contributed by atoms with Crippen LogP contribution in [0.4, 0.5) is 0 Å². The number of amides is 1. The fourth-order valence-electron chi connectivity index (χ4n) is 3.52. The summed E-state index contributed by atoms with van der Waals surface area (Å²) < 4.78 is 2.22. The van der Waals surface area contributed by atoms with Gasteiger partial charge < -0.3 is 9.47 Å². The number of nitrogens with zero attached hydrogens (tertiary/aromatic N) is 4. The van der Waals surface area contributed by atoms with Gasteiger partial charge >= 0.3 is 0 Å². The largest absolute Gasteiger partial charge is 0.332 e. The monoisotopic (exact) mass is 318 g/mol. The lowest BCUT2D eigenvalue weighted by Gasteiger charge is -2.30. The lowest BCUT2D eigenvalue weighted by molar-refractivity contribution is -0.134. The molecule has 2 unspecified atom stereocenters. The summed E-state index contributed by atoms with van der Waals surface area (Å²) in [5.41, 5.74) is 6.61. The van der Waals surface area contributed by atoms with E-state index in [0.29, 0.717) is 18.5 Å². The molecule has 0 aromatic carbocycles. The Labute approximate surface area is 136 Å². The number of hydrazine groups is 1. The van der Waals surface area contributed by atoms with Crippen LogP contribution in [0.2, 0.25) is 0 Å². The topological polar surface area (TPSA) is 75.1 Å². The number of hydrogen-bond acceptors (Lipinski definition) is 5. The van der Waals surface area contributed by atoms with Gasteiger partial charge in [-0.2, -0.15) is 0 Å². The van der Waals surface area contributed by atoms with Crippen LogP contribution in [0.15, 0.2) is 0 Å². The van der Waals surface area contributed by atoms with Crippen molar-refractivity contribution in [2.24, 2.45) is 5.41 Å². The van der Waals surface area contributed by atoms with Crippen molar-refractivity contribution in [1.82, 2.24) is 30.5 Å². The second kappa shape index (κ2) is 5.27. The van der Waals surface area contributed by atoms with E-state index in [1.54, 1.807) is 0 Å². The predicted octanol–water partition coefficient (Wildman–Crippen LogP) is 0.779. The second-order valence-electron chi connectivity index (χ2n) is 8.16. The molecule has 23 heavy (non-hydrogen) atoms. The third-order valence-corrected chi connectivity index (χ3v) is 5.28.